The lowest BCUT2D eigenvalue weighted by atomic mass is 10.1. The van der Waals surface area contributed by atoms with Crippen molar-refractivity contribution in [1.29, 1.82) is 0 Å². The molecule has 0 aromatic heterocycles. The molecular weight excluding hydrogens is 136 g/mol. The van der Waals surface area contributed by atoms with E-state index in [1.165, 1.54) is 11.1 Å². The summed E-state index contributed by atoms with van der Waals surface area (Å²) in [5, 5.41) is 0. The summed E-state index contributed by atoms with van der Waals surface area (Å²) in [5.74, 6) is 0. The van der Waals surface area contributed by atoms with Crippen molar-refractivity contribution >= 4 is 0 Å². The maximum atomic E-state index is 5.15. The average molecular weight is 148 g/mol. The van der Waals surface area contributed by atoms with Crippen LogP contribution in [-0.4, -0.2) is 12.7 Å². The van der Waals surface area contributed by atoms with Gasteiger partial charge in [-0.25, -0.2) is 0 Å². The molecule has 1 aromatic rings. The molecule has 0 aliphatic carbocycles. The number of rotatable bonds is 2. The molecule has 11 heavy (non-hydrogen) atoms. The van der Waals surface area contributed by atoms with Gasteiger partial charge in [-0.15, -0.1) is 0 Å². The highest BCUT2D eigenvalue weighted by molar-refractivity contribution is 5.23. The third-order valence-electron chi connectivity index (χ3n) is 1.95. The molecule has 0 bridgehead atoms. The molecule has 58 valence electrons. The fraction of sp³-hybridized carbons (Fsp3) is 0.400. The van der Waals surface area contributed by atoms with Gasteiger partial charge in [0.05, 0.1) is 12.7 Å². The van der Waals surface area contributed by atoms with E-state index in [2.05, 4.69) is 31.2 Å². The van der Waals surface area contributed by atoms with Gasteiger partial charge in [0.25, 0.3) is 0 Å². The first kappa shape index (κ1) is 6.86. The van der Waals surface area contributed by atoms with Crippen LogP contribution in [0.5, 0.6) is 0 Å². The smallest absolute Gasteiger partial charge is 0.0850 e. The molecule has 1 atom stereocenters. The Kier molecular flexibility index (Phi) is 1.66. The Morgan fingerprint density at radius 1 is 1.55 bits per heavy atom. The van der Waals surface area contributed by atoms with Crippen LogP contribution in [0.2, 0.25) is 0 Å². The van der Waals surface area contributed by atoms with Crippen molar-refractivity contribution in [2.45, 2.75) is 19.4 Å². The monoisotopic (exact) mass is 148 g/mol. The van der Waals surface area contributed by atoms with Crippen LogP contribution < -0.4 is 0 Å². The summed E-state index contributed by atoms with van der Waals surface area (Å²) < 4.78 is 5.15. The first-order valence-corrected chi connectivity index (χ1v) is 4.02. The zero-order chi connectivity index (χ0) is 7.68. The van der Waals surface area contributed by atoms with Crippen molar-refractivity contribution in [2.24, 2.45) is 0 Å². The molecule has 1 heterocycles. The third kappa shape index (κ3) is 1.81. The van der Waals surface area contributed by atoms with Gasteiger partial charge in [-0.05, 0) is 12.5 Å². The van der Waals surface area contributed by atoms with Gasteiger partial charge < -0.3 is 4.74 Å². The van der Waals surface area contributed by atoms with Crippen molar-refractivity contribution < 1.29 is 4.74 Å². The van der Waals surface area contributed by atoms with Crippen molar-refractivity contribution in [3.63, 3.8) is 0 Å². The summed E-state index contributed by atoms with van der Waals surface area (Å²) >= 11 is 0. The van der Waals surface area contributed by atoms with Crippen LogP contribution in [0, 0.1) is 6.92 Å². The largest absolute Gasteiger partial charge is 0.373 e. The lowest BCUT2D eigenvalue weighted by Gasteiger charge is -1.97. The molecule has 0 saturated carbocycles. The van der Waals surface area contributed by atoms with Gasteiger partial charge in [-0.2, -0.15) is 0 Å². The molecule has 1 aliphatic heterocycles. The van der Waals surface area contributed by atoms with E-state index in [-0.39, 0.29) is 0 Å². The lowest BCUT2D eigenvalue weighted by Crippen LogP contribution is -1.92. The predicted molar refractivity (Wildman–Crippen MR) is 44.6 cm³/mol. The highest BCUT2D eigenvalue weighted by atomic mass is 16.6. The topological polar surface area (TPSA) is 12.5 Å². The Labute approximate surface area is 67.0 Å². The zero-order valence-corrected chi connectivity index (χ0v) is 6.71. The third-order valence-corrected chi connectivity index (χ3v) is 1.95. The van der Waals surface area contributed by atoms with Gasteiger partial charge in [-0.1, -0.05) is 29.8 Å². The second-order valence-corrected chi connectivity index (χ2v) is 3.15. The first-order chi connectivity index (χ1) is 5.34. The number of benzene rings is 1. The fourth-order valence-corrected chi connectivity index (χ4v) is 1.29. The highest BCUT2D eigenvalue weighted by Gasteiger charge is 2.22. The lowest BCUT2D eigenvalue weighted by molar-refractivity contribution is 0.407. The quantitative estimate of drug-likeness (QED) is 0.584. The molecule has 0 amide bonds. The second kappa shape index (κ2) is 2.67. The van der Waals surface area contributed by atoms with Crippen molar-refractivity contribution in [3.8, 4) is 0 Å². The molecule has 0 N–H and O–H groups in total. The van der Waals surface area contributed by atoms with Crippen LogP contribution in [0.3, 0.4) is 0 Å². The van der Waals surface area contributed by atoms with Crippen LogP contribution in [0.1, 0.15) is 11.1 Å². The van der Waals surface area contributed by atoms with E-state index in [1.807, 2.05) is 0 Å². The summed E-state index contributed by atoms with van der Waals surface area (Å²) in [4.78, 5) is 0. The summed E-state index contributed by atoms with van der Waals surface area (Å²) in [6.07, 6.45) is 1.60. The SMILES string of the molecule is Cc1cccc(CC2CO2)c1. The van der Waals surface area contributed by atoms with E-state index < -0.39 is 0 Å². The summed E-state index contributed by atoms with van der Waals surface area (Å²) in [6, 6.07) is 8.61. The normalized spacial score (nSPS) is 21.7. The van der Waals surface area contributed by atoms with Gasteiger partial charge in [-0.3, -0.25) is 0 Å². The number of aryl methyl sites for hydroxylation is 1. The minimum Gasteiger partial charge on any atom is -0.373 e. The Balaban J connectivity index is 2.10. The van der Waals surface area contributed by atoms with Gasteiger partial charge in [0.2, 0.25) is 0 Å². The summed E-state index contributed by atoms with van der Waals surface area (Å²) in [5.41, 5.74) is 2.73. The van der Waals surface area contributed by atoms with Crippen molar-refractivity contribution in [3.05, 3.63) is 35.4 Å². The number of epoxide rings is 1. The summed E-state index contributed by atoms with van der Waals surface area (Å²) in [7, 11) is 0. The number of ether oxygens (including phenoxy) is 1. The molecule has 0 spiro atoms. The number of hydrogen-bond acceptors (Lipinski definition) is 1. The minimum absolute atomic E-state index is 0.511. The molecule has 1 heteroatoms. The van der Waals surface area contributed by atoms with Crippen molar-refractivity contribution in [1.82, 2.24) is 0 Å². The van der Waals surface area contributed by atoms with E-state index in [4.69, 9.17) is 4.74 Å². The Morgan fingerprint density at radius 2 is 2.36 bits per heavy atom. The predicted octanol–water partition coefficient (Wildman–Crippen LogP) is 1.94. The van der Waals surface area contributed by atoms with Gasteiger partial charge in [0.1, 0.15) is 0 Å². The Morgan fingerprint density at radius 3 is 3.00 bits per heavy atom. The van der Waals surface area contributed by atoms with E-state index in [0.717, 1.165) is 13.0 Å². The molecule has 0 radical (unpaired) electrons. The minimum atomic E-state index is 0.511. The van der Waals surface area contributed by atoms with E-state index >= 15 is 0 Å². The van der Waals surface area contributed by atoms with E-state index in [1.54, 1.807) is 0 Å². The molecule has 1 aromatic carbocycles. The maximum absolute atomic E-state index is 5.15. The zero-order valence-electron chi connectivity index (χ0n) is 6.71. The molecule has 1 fully saturated rings. The van der Waals surface area contributed by atoms with Crippen LogP contribution in [0.15, 0.2) is 24.3 Å². The van der Waals surface area contributed by atoms with Gasteiger partial charge in [0.15, 0.2) is 0 Å². The highest BCUT2D eigenvalue weighted by Crippen LogP contribution is 2.16. The molecule has 1 aliphatic rings. The van der Waals surface area contributed by atoms with Crippen LogP contribution in [0.25, 0.3) is 0 Å². The van der Waals surface area contributed by atoms with Crippen LogP contribution >= 0.6 is 0 Å². The average Bonchev–Trinajstić information content (AvgIpc) is 2.71. The van der Waals surface area contributed by atoms with Crippen LogP contribution in [0.4, 0.5) is 0 Å². The molecule has 2 rings (SSSR count). The van der Waals surface area contributed by atoms with E-state index in [9.17, 15) is 0 Å². The first-order valence-electron chi connectivity index (χ1n) is 4.02. The molecular formula is C10H12O. The second-order valence-electron chi connectivity index (χ2n) is 3.15. The maximum Gasteiger partial charge on any atom is 0.0850 e. The van der Waals surface area contributed by atoms with E-state index in [0.29, 0.717) is 6.10 Å². The standard InChI is InChI=1S/C10H12O/c1-8-3-2-4-9(5-8)6-10-7-11-10/h2-5,10H,6-7H2,1H3. The number of hydrogen-bond donors (Lipinski definition) is 0. The fourth-order valence-electron chi connectivity index (χ4n) is 1.29. The van der Waals surface area contributed by atoms with Crippen molar-refractivity contribution in [2.75, 3.05) is 6.61 Å². The molecule has 1 nitrogen and oxygen atoms in total. The van der Waals surface area contributed by atoms with Crippen LogP contribution in [-0.2, 0) is 11.2 Å². The van der Waals surface area contributed by atoms with Gasteiger partial charge in [0, 0.05) is 6.42 Å². The van der Waals surface area contributed by atoms with Gasteiger partial charge >= 0.3 is 0 Å². The summed E-state index contributed by atoms with van der Waals surface area (Å²) in [6.45, 7) is 3.07. The Hall–Kier alpha value is -0.820. The molecule has 1 saturated heterocycles. The Bertz CT molecular complexity index is 251. The molecule has 1 unspecified atom stereocenters.